The van der Waals surface area contributed by atoms with E-state index in [0.29, 0.717) is 0 Å². The summed E-state index contributed by atoms with van der Waals surface area (Å²) in [6.07, 6.45) is -1.19. The maximum atomic E-state index is 13.6. The van der Waals surface area contributed by atoms with Crippen LogP contribution in [0, 0.1) is 0 Å². The van der Waals surface area contributed by atoms with Crippen molar-refractivity contribution in [1.29, 1.82) is 0 Å². The molecule has 7 N–H and O–H groups in total. The van der Waals surface area contributed by atoms with Gasteiger partial charge in [-0.25, -0.2) is 0 Å². The van der Waals surface area contributed by atoms with Gasteiger partial charge >= 0.3 is 5.97 Å². The zero-order valence-corrected chi connectivity index (χ0v) is 21.9. The van der Waals surface area contributed by atoms with Crippen molar-refractivity contribution in [2.45, 2.75) is 56.5 Å². The third-order valence-corrected chi connectivity index (χ3v) is 6.77. The number of likely N-dealkylation sites (N-methyl/N-ethyl adjacent to an activating group) is 1. The lowest BCUT2D eigenvalue weighted by atomic mass is 9.91. The van der Waals surface area contributed by atoms with Crippen molar-refractivity contribution in [3.63, 3.8) is 0 Å². The number of aromatic hydroxyl groups is 1. The molecule has 39 heavy (non-hydrogen) atoms. The van der Waals surface area contributed by atoms with E-state index in [0.717, 1.165) is 5.56 Å². The first-order valence-electron chi connectivity index (χ1n) is 12.5. The highest BCUT2D eigenvalue weighted by Crippen LogP contribution is 2.35. The zero-order chi connectivity index (χ0) is 28.7. The molecule has 2 bridgehead atoms. The molecule has 5 atom stereocenters. The number of phenols is 1. The Morgan fingerprint density at radius 2 is 1.77 bits per heavy atom. The molecule has 2 aromatic carbocycles. The molecule has 0 radical (unpaired) electrons. The van der Waals surface area contributed by atoms with E-state index >= 15 is 0 Å². The smallest absolute Gasteiger partial charge is 0.322 e. The first kappa shape index (κ1) is 29.4. The normalized spacial score (nSPS) is 25.5. The molecule has 210 valence electrons. The lowest BCUT2D eigenvalue weighted by molar-refractivity contribution is -0.141. The van der Waals surface area contributed by atoms with Gasteiger partial charge in [0.2, 0.25) is 17.7 Å². The second-order valence-electron chi connectivity index (χ2n) is 9.51. The minimum Gasteiger partial charge on any atom is -0.504 e. The second kappa shape index (κ2) is 12.6. The maximum Gasteiger partial charge on any atom is 0.322 e. The molecule has 3 amide bonds. The molecule has 1 aliphatic heterocycles. The van der Waals surface area contributed by atoms with Crippen LogP contribution in [0.4, 0.5) is 0 Å². The topological polar surface area (TPSA) is 186 Å². The summed E-state index contributed by atoms with van der Waals surface area (Å²) in [5, 5.41) is 41.0. The third kappa shape index (κ3) is 7.03. The second-order valence-corrected chi connectivity index (χ2v) is 9.51. The molecule has 1 aliphatic rings. The van der Waals surface area contributed by atoms with Crippen molar-refractivity contribution in [2.24, 2.45) is 0 Å². The molecule has 1 heterocycles. The van der Waals surface area contributed by atoms with Crippen molar-refractivity contribution in [2.75, 3.05) is 13.6 Å². The highest BCUT2D eigenvalue weighted by Gasteiger charge is 2.43. The van der Waals surface area contributed by atoms with Gasteiger partial charge in [0.15, 0.2) is 11.5 Å². The summed E-state index contributed by atoms with van der Waals surface area (Å²) in [6, 6.07) is 9.17. The summed E-state index contributed by atoms with van der Waals surface area (Å²) in [7, 11) is 1.48. The number of hydrogen-bond acceptors (Lipinski definition) is 8. The summed E-state index contributed by atoms with van der Waals surface area (Å²) in [6.45, 7) is 2.52. The van der Waals surface area contributed by atoms with Crippen molar-refractivity contribution < 1.29 is 39.2 Å². The number of ether oxygens (including phenoxy) is 1. The number of carbonyl (C=O) groups is 4. The number of rotatable bonds is 7. The van der Waals surface area contributed by atoms with Gasteiger partial charge in [-0.1, -0.05) is 43.3 Å². The molecule has 2 aromatic rings. The number of nitrogens with one attached hydrogen (secondary N) is 4. The van der Waals surface area contributed by atoms with Crippen LogP contribution in [0.25, 0.3) is 0 Å². The number of carboxylic acid groups (broad SMARTS) is 1. The van der Waals surface area contributed by atoms with E-state index in [1.807, 2.05) is 0 Å². The van der Waals surface area contributed by atoms with Crippen molar-refractivity contribution in [3.8, 4) is 11.5 Å². The van der Waals surface area contributed by atoms with E-state index in [9.17, 15) is 29.4 Å². The molecule has 3 rings (SSSR count). The summed E-state index contributed by atoms with van der Waals surface area (Å²) in [4.78, 5) is 51.3. The predicted molar refractivity (Wildman–Crippen MR) is 140 cm³/mol. The molecule has 12 heteroatoms. The van der Waals surface area contributed by atoms with Crippen molar-refractivity contribution >= 4 is 23.7 Å². The largest absolute Gasteiger partial charge is 0.504 e. The Hall–Kier alpha value is -4.16. The van der Waals surface area contributed by atoms with Crippen LogP contribution in [0.1, 0.15) is 37.5 Å². The van der Waals surface area contributed by atoms with E-state index in [2.05, 4.69) is 21.3 Å². The average Bonchev–Trinajstić information content (AvgIpc) is 2.91. The van der Waals surface area contributed by atoms with Gasteiger partial charge in [0, 0.05) is 6.42 Å². The van der Waals surface area contributed by atoms with Crippen LogP contribution in [0.15, 0.2) is 48.5 Å². The number of fused-ring (bicyclic) bond motifs is 2. The van der Waals surface area contributed by atoms with Crippen LogP contribution in [0.5, 0.6) is 11.5 Å². The van der Waals surface area contributed by atoms with E-state index in [1.54, 1.807) is 37.3 Å². The van der Waals surface area contributed by atoms with Gasteiger partial charge in [-0.15, -0.1) is 0 Å². The Morgan fingerprint density at radius 1 is 1.08 bits per heavy atom. The van der Waals surface area contributed by atoms with Gasteiger partial charge in [0.25, 0.3) is 0 Å². The van der Waals surface area contributed by atoms with Crippen molar-refractivity contribution in [3.05, 3.63) is 59.7 Å². The fraction of sp³-hybridized carbons (Fsp3) is 0.407. The summed E-state index contributed by atoms with van der Waals surface area (Å²) in [5.41, 5.74) is -0.528. The van der Waals surface area contributed by atoms with E-state index < -0.39 is 60.1 Å². The minimum absolute atomic E-state index is 0.0621. The first-order chi connectivity index (χ1) is 18.5. The van der Waals surface area contributed by atoms with Crippen LogP contribution >= 0.6 is 0 Å². The molecule has 0 saturated heterocycles. The third-order valence-electron chi connectivity index (χ3n) is 6.77. The van der Waals surface area contributed by atoms with E-state index in [4.69, 9.17) is 9.84 Å². The number of aliphatic hydroxyl groups is 1. The Labute approximate surface area is 225 Å². The van der Waals surface area contributed by atoms with Gasteiger partial charge in [-0.05, 0) is 43.7 Å². The Kier molecular flexibility index (Phi) is 9.49. The van der Waals surface area contributed by atoms with Crippen LogP contribution in [0.2, 0.25) is 0 Å². The van der Waals surface area contributed by atoms with Crippen molar-refractivity contribution in [1.82, 2.24) is 21.3 Å². The van der Waals surface area contributed by atoms with Crippen LogP contribution < -0.4 is 26.0 Å². The summed E-state index contributed by atoms with van der Waals surface area (Å²) in [5.74, 6) is -3.93. The fourth-order valence-electron chi connectivity index (χ4n) is 4.33. The van der Waals surface area contributed by atoms with Gasteiger partial charge < -0.3 is 41.3 Å². The number of carboxylic acids is 1. The van der Waals surface area contributed by atoms with Crippen LogP contribution in [0.3, 0.4) is 0 Å². The highest BCUT2D eigenvalue weighted by molar-refractivity contribution is 5.94. The molecule has 0 saturated carbocycles. The predicted octanol–water partition coefficient (Wildman–Crippen LogP) is -0.0122. The molecular weight excluding hydrogens is 508 g/mol. The lowest BCUT2D eigenvalue weighted by Crippen LogP contribution is -2.64. The number of aliphatic hydroxyl groups excluding tert-OH is 1. The maximum absolute atomic E-state index is 13.6. The molecule has 12 nitrogen and oxygen atoms in total. The number of benzene rings is 2. The molecule has 0 fully saturated rings. The molecular formula is C27H34N4O8. The molecule has 0 aromatic heterocycles. The fourth-order valence-corrected chi connectivity index (χ4v) is 4.33. The number of carbonyl (C=O) groups excluding carboxylic acids is 3. The Balaban J connectivity index is 2.13. The molecule has 0 aliphatic carbocycles. The molecule has 0 unspecified atom stereocenters. The highest BCUT2D eigenvalue weighted by atomic mass is 16.5. The Bertz CT molecular complexity index is 1210. The number of amides is 3. The van der Waals surface area contributed by atoms with E-state index in [1.165, 1.54) is 32.2 Å². The standard InChI is InChI=1S/C27H34N4O8/c1-4-27(2)23(26(38)29-14-20(33)34)31-24(36)17(12-15-8-6-5-7-9-15)30-25(37)21(28-3)22(35)16-10-11-18(32)19(13-16)39-27/h5-11,13,17,21-23,28,32,35H,4,12,14H2,1-3H3,(H,29,38)(H,30,37)(H,31,36)(H,33,34)/t17-,21-,22+,23+,27+/m0/s1. The zero-order valence-electron chi connectivity index (χ0n) is 21.9. The number of aliphatic carboxylic acids is 1. The molecule has 0 spiro atoms. The van der Waals surface area contributed by atoms with Gasteiger partial charge in [0.05, 0.1) is 0 Å². The van der Waals surface area contributed by atoms with Gasteiger partial charge in [0.1, 0.15) is 36.4 Å². The summed E-state index contributed by atoms with van der Waals surface area (Å²) >= 11 is 0. The Morgan fingerprint density at radius 3 is 2.38 bits per heavy atom. The average molecular weight is 543 g/mol. The summed E-state index contributed by atoms with van der Waals surface area (Å²) < 4.78 is 6.11. The first-order valence-corrected chi connectivity index (χ1v) is 12.5. The minimum atomic E-state index is -1.49. The lowest BCUT2D eigenvalue weighted by Gasteiger charge is -2.37. The number of phenolic OH excluding ortho intramolecular Hbond substituents is 1. The quantitative estimate of drug-likeness (QED) is 0.253. The van der Waals surface area contributed by atoms with Gasteiger partial charge in [-0.2, -0.15) is 0 Å². The van der Waals surface area contributed by atoms with E-state index in [-0.39, 0.29) is 29.9 Å². The SMILES string of the molecule is CC[C@@]1(C)Oc2cc(ccc2O)[C@@H](O)[C@H](NC)C(=O)N[C@@H](Cc2ccccc2)C(=O)N[C@@H]1C(=O)NCC(=O)O. The van der Waals surface area contributed by atoms with Crippen LogP contribution in [-0.4, -0.2) is 76.3 Å². The van der Waals surface area contributed by atoms with Crippen LogP contribution in [-0.2, 0) is 25.6 Å². The monoisotopic (exact) mass is 542 g/mol. The number of hydrogen-bond donors (Lipinski definition) is 7. The van der Waals surface area contributed by atoms with Gasteiger partial charge in [-0.3, -0.25) is 19.2 Å².